The number of ketones is 1. The minimum absolute atomic E-state index is 0.0912. The van der Waals surface area contributed by atoms with Crippen molar-refractivity contribution < 1.29 is 29.3 Å². The Morgan fingerprint density at radius 3 is 2.59 bits per heavy atom. The molecule has 0 aliphatic carbocycles. The summed E-state index contributed by atoms with van der Waals surface area (Å²) in [5.41, 5.74) is 0.0779. The first kappa shape index (κ1) is 26.7. The number of carbonyl (C=O) groups is 2. The Bertz CT molecular complexity index is 966. The molecular formula is C26H37NO6S. The van der Waals surface area contributed by atoms with E-state index in [0.717, 1.165) is 16.3 Å². The van der Waals surface area contributed by atoms with Crippen molar-refractivity contribution in [2.45, 2.75) is 97.2 Å². The van der Waals surface area contributed by atoms with Gasteiger partial charge >= 0.3 is 5.97 Å². The van der Waals surface area contributed by atoms with Crippen molar-refractivity contribution in [1.29, 1.82) is 0 Å². The zero-order chi connectivity index (χ0) is 25.3. The van der Waals surface area contributed by atoms with Crippen LogP contribution < -0.4 is 0 Å². The summed E-state index contributed by atoms with van der Waals surface area (Å²) in [4.78, 5) is 30.2. The third kappa shape index (κ3) is 6.42. The average molecular weight is 492 g/mol. The van der Waals surface area contributed by atoms with E-state index in [0.29, 0.717) is 12.8 Å². The van der Waals surface area contributed by atoms with Crippen molar-refractivity contribution in [3.63, 3.8) is 0 Å². The summed E-state index contributed by atoms with van der Waals surface area (Å²) >= 11 is 1.55. The fourth-order valence-electron chi connectivity index (χ4n) is 4.15. The zero-order valence-electron chi connectivity index (χ0n) is 20.9. The molecule has 8 heteroatoms. The predicted molar refractivity (Wildman–Crippen MR) is 131 cm³/mol. The number of nitrogens with zero attached hydrogens (tertiary/aromatic N) is 1. The number of esters is 1. The number of rotatable bonds is 2. The molecule has 0 amide bonds. The molecule has 0 bridgehead atoms. The number of aliphatic hydroxyl groups excluding tert-OH is 2. The number of hydrogen-bond donors (Lipinski definition) is 2. The lowest BCUT2D eigenvalue weighted by Crippen LogP contribution is -2.41. The monoisotopic (exact) mass is 491 g/mol. The van der Waals surface area contributed by atoms with Gasteiger partial charge in [0, 0.05) is 29.6 Å². The van der Waals surface area contributed by atoms with Gasteiger partial charge in [-0.25, -0.2) is 4.98 Å². The van der Waals surface area contributed by atoms with E-state index in [9.17, 15) is 19.8 Å². The fraction of sp³-hybridized carbons (Fsp3) is 0.654. The molecule has 3 heterocycles. The molecule has 2 aliphatic heterocycles. The minimum Gasteiger partial charge on any atom is -0.458 e. The maximum atomic E-state index is 12.9. The summed E-state index contributed by atoms with van der Waals surface area (Å²) in [7, 11) is 0. The van der Waals surface area contributed by atoms with E-state index in [4.69, 9.17) is 9.47 Å². The standard InChI is InChI=1S/C26H37NO6S/c1-15-8-7-9-26(6)23(33-26)12-20(16(2)10-18-14-34-17(3)27-18)32-24(31)13-22(30)25(4,5)21(29)11-19(15)28/h7-8,10,14-15,19-20,22-23,28,30H,9,11-13H2,1-6H3/b8-7-,16-10+/t15-,19+,20-,22-,23-,26+/m0/s1. The number of aliphatic hydroxyl groups is 2. The van der Waals surface area contributed by atoms with Crippen molar-refractivity contribution in [3.8, 4) is 0 Å². The molecule has 188 valence electrons. The number of thiazole rings is 1. The molecule has 34 heavy (non-hydrogen) atoms. The summed E-state index contributed by atoms with van der Waals surface area (Å²) in [5, 5.41) is 24.1. The van der Waals surface area contributed by atoms with Crippen LogP contribution in [0.2, 0.25) is 0 Å². The molecule has 0 spiro atoms. The number of aromatic nitrogens is 1. The van der Waals surface area contributed by atoms with E-state index in [1.165, 1.54) is 0 Å². The predicted octanol–water partition coefficient (Wildman–Crippen LogP) is 4.01. The second kappa shape index (κ2) is 10.4. The van der Waals surface area contributed by atoms with E-state index in [1.54, 1.807) is 25.2 Å². The van der Waals surface area contributed by atoms with E-state index >= 15 is 0 Å². The second-order valence-electron chi connectivity index (χ2n) is 10.4. The number of fused-ring (bicyclic) bond motifs is 1. The topological polar surface area (TPSA) is 109 Å². The van der Waals surface area contributed by atoms with Crippen molar-refractivity contribution >= 4 is 29.2 Å². The first-order chi connectivity index (χ1) is 15.8. The van der Waals surface area contributed by atoms with Gasteiger partial charge in [0.25, 0.3) is 0 Å². The van der Waals surface area contributed by atoms with E-state index in [2.05, 4.69) is 4.98 Å². The minimum atomic E-state index is -1.23. The molecule has 3 rings (SSSR count). The summed E-state index contributed by atoms with van der Waals surface area (Å²) in [6.45, 7) is 10.9. The van der Waals surface area contributed by atoms with Crippen molar-refractivity contribution in [1.82, 2.24) is 4.98 Å². The van der Waals surface area contributed by atoms with Gasteiger partial charge in [-0.05, 0) is 38.8 Å². The summed E-state index contributed by atoms with van der Waals surface area (Å²) in [5.74, 6) is -1.10. The fourth-order valence-corrected chi connectivity index (χ4v) is 4.72. The quantitative estimate of drug-likeness (QED) is 0.365. The Morgan fingerprint density at radius 2 is 1.94 bits per heavy atom. The van der Waals surface area contributed by atoms with Gasteiger partial charge in [0.15, 0.2) is 0 Å². The molecule has 2 N–H and O–H groups in total. The van der Waals surface area contributed by atoms with Crippen LogP contribution in [0.25, 0.3) is 6.08 Å². The van der Waals surface area contributed by atoms with Gasteiger partial charge in [0.1, 0.15) is 11.9 Å². The summed E-state index contributed by atoms with van der Waals surface area (Å²) < 4.78 is 11.8. The van der Waals surface area contributed by atoms with Crippen LogP contribution in [0.5, 0.6) is 0 Å². The Balaban J connectivity index is 1.86. The Hall–Kier alpha value is -1.87. The largest absolute Gasteiger partial charge is 0.458 e. The number of hydrogen-bond acceptors (Lipinski definition) is 8. The van der Waals surface area contributed by atoms with Gasteiger partial charge in [-0.2, -0.15) is 0 Å². The molecule has 1 saturated heterocycles. The zero-order valence-corrected chi connectivity index (χ0v) is 21.7. The third-order valence-electron chi connectivity index (χ3n) is 7.13. The van der Waals surface area contributed by atoms with Gasteiger partial charge in [-0.1, -0.05) is 32.9 Å². The molecule has 6 atom stereocenters. The van der Waals surface area contributed by atoms with Gasteiger partial charge in [-0.15, -0.1) is 11.3 Å². The maximum Gasteiger partial charge on any atom is 0.309 e. The molecule has 0 unspecified atom stereocenters. The molecule has 1 fully saturated rings. The molecule has 0 saturated carbocycles. The highest BCUT2D eigenvalue weighted by Crippen LogP contribution is 2.44. The number of aryl methyl sites for hydroxylation is 1. The van der Waals surface area contributed by atoms with Crippen molar-refractivity contribution in [2.75, 3.05) is 0 Å². The molecule has 1 aromatic rings. The third-order valence-corrected chi connectivity index (χ3v) is 7.93. The van der Waals surface area contributed by atoms with Crippen LogP contribution in [0.4, 0.5) is 0 Å². The highest BCUT2D eigenvalue weighted by molar-refractivity contribution is 7.09. The lowest BCUT2D eigenvalue weighted by Gasteiger charge is -2.30. The van der Waals surface area contributed by atoms with Crippen LogP contribution in [-0.2, 0) is 19.1 Å². The average Bonchev–Trinajstić information content (AvgIpc) is 3.18. The summed E-state index contributed by atoms with van der Waals surface area (Å²) in [6.07, 6.45) is 3.79. The van der Waals surface area contributed by atoms with Crippen LogP contribution in [-0.4, -0.2) is 57.0 Å². The van der Waals surface area contributed by atoms with Crippen LogP contribution >= 0.6 is 11.3 Å². The first-order valence-electron chi connectivity index (χ1n) is 11.9. The van der Waals surface area contributed by atoms with Crippen molar-refractivity contribution in [2.24, 2.45) is 11.3 Å². The highest BCUT2D eigenvalue weighted by atomic mass is 32.1. The maximum absolute atomic E-state index is 12.9. The Kier molecular flexibility index (Phi) is 8.18. The van der Waals surface area contributed by atoms with Gasteiger partial charge < -0.3 is 19.7 Å². The number of cyclic esters (lactones) is 1. The summed E-state index contributed by atoms with van der Waals surface area (Å²) in [6, 6.07) is 0. The Morgan fingerprint density at radius 1 is 1.24 bits per heavy atom. The van der Waals surface area contributed by atoms with Crippen LogP contribution in [0.3, 0.4) is 0 Å². The Labute approximate surface area is 205 Å². The molecule has 1 aromatic heterocycles. The van der Waals surface area contributed by atoms with Crippen LogP contribution in [0.1, 0.15) is 71.0 Å². The van der Waals surface area contributed by atoms with Gasteiger partial charge in [0.05, 0.1) is 41.0 Å². The highest BCUT2D eigenvalue weighted by Gasteiger charge is 2.52. The molecule has 0 aromatic carbocycles. The smallest absolute Gasteiger partial charge is 0.309 e. The number of carbonyl (C=O) groups excluding carboxylic acids is 2. The van der Waals surface area contributed by atoms with E-state index < -0.39 is 29.7 Å². The van der Waals surface area contributed by atoms with Gasteiger partial charge in [0.2, 0.25) is 0 Å². The lowest BCUT2D eigenvalue weighted by molar-refractivity contribution is -0.153. The number of epoxide rings is 1. The molecule has 0 radical (unpaired) electrons. The molecular weight excluding hydrogens is 454 g/mol. The lowest BCUT2D eigenvalue weighted by atomic mass is 9.77. The second-order valence-corrected chi connectivity index (χ2v) is 11.5. The first-order valence-corrected chi connectivity index (χ1v) is 12.7. The molecule has 7 nitrogen and oxygen atoms in total. The van der Waals surface area contributed by atoms with Gasteiger partial charge in [-0.3, -0.25) is 9.59 Å². The SMILES string of the molecule is C/C(=C\c1csc(C)n1)[C@@H]1C[C@@H]2O[C@]2(C)C/C=C\[C@H](C)[C@H](O)CC(=O)C(C)(C)[C@@H](O)CC(=O)O1. The van der Waals surface area contributed by atoms with Crippen LogP contribution in [0.15, 0.2) is 23.1 Å². The number of Topliss-reactive ketones (excluding diaryl/α,β-unsaturated/α-hetero) is 1. The normalized spacial score (nSPS) is 36.5. The number of ether oxygens (including phenoxy) is 2. The molecule has 2 aliphatic rings. The van der Waals surface area contributed by atoms with E-state index in [1.807, 2.05) is 51.3 Å². The van der Waals surface area contributed by atoms with Crippen molar-refractivity contribution in [3.05, 3.63) is 33.8 Å². The van der Waals surface area contributed by atoms with Crippen LogP contribution in [0, 0.1) is 18.3 Å². The van der Waals surface area contributed by atoms with E-state index in [-0.39, 0.29) is 36.2 Å².